The van der Waals surface area contributed by atoms with Gasteiger partial charge < -0.3 is 9.31 Å². The number of rotatable bonds is 2. The Morgan fingerprint density at radius 2 is 1.24 bits per heavy atom. The molecule has 1 saturated heterocycles. The van der Waals surface area contributed by atoms with Crippen LogP contribution < -0.4 is 5.46 Å². The minimum absolute atomic E-state index is 0.354. The summed E-state index contributed by atoms with van der Waals surface area (Å²) in [5.74, 6) is 0. The van der Waals surface area contributed by atoms with Gasteiger partial charge in [-0.3, -0.25) is 0 Å². The third-order valence-corrected chi connectivity index (χ3v) is 6.52. The molecule has 0 radical (unpaired) electrons. The maximum atomic E-state index is 6.35. The summed E-state index contributed by atoms with van der Waals surface area (Å²) < 4.78 is 12.7. The highest BCUT2D eigenvalue weighted by atomic mass is 16.7. The second-order valence-electron chi connectivity index (χ2n) is 8.90. The Bertz CT molecular complexity index is 1200. The molecule has 0 saturated carbocycles. The number of hydrogen-bond acceptors (Lipinski definition) is 2. The fraction of sp³-hybridized carbons (Fsp3) is 0.231. The fourth-order valence-corrected chi connectivity index (χ4v) is 4.12. The van der Waals surface area contributed by atoms with E-state index in [4.69, 9.17) is 9.31 Å². The number of fused-ring (bicyclic) bond motifs is 2. The summed E-state index contributed by atoms with van der Waals surface area (Å²) in [5.41, 5.74) is 2.83. The van der Waals surface area contributed by atoms with Gasteiger partial charge in [-0.25, -0.2) is 0 Å². The van der Waals surface area contributed by atoms with Gasteiger partial charge in [-0.05, 0) is 71.9 Å². The molecule has 1 heterocycles. The standard InChI is InChI=1S/C26H25BO2/c1-25(2)26(3,4)29-27(28-25)24-14-8-11-19-15-16-20(17-23(19)24)22-13-7-10-18-9-5-6-12-21(18)22/h5-17H,1-4H3. The van der Waals surface area contributed by atoms with Crippen LogP contribution in [0.15, 0.2) is 78.9 Å². The van der Waals surface area contributed by atoms with E-state index in [9.17, 15) is 0 Å². The van der Waals surface area contributed by atoms with E-state index < -0.39 is 0 Å². The maximum Gasteiger partial charge on any atom is 0.495 e. The first kappa shape index (κ1) is 18.4. The zero-order chi connectivity index (χ0) is 20.2. The normalized spacial score (nSPS) is 17.9. The van der Waals surface area contributed by atoms with Gasteiger partial charge in [0, 0.05) is 0 Å². The summed E-state index contributed by atoms with van der Waals surface area (Å²) in [6.07, 6.45) is 0. The average Bonchev–Trinajstić information content (AvgIpc) is 2.93. The second-order valence-corrected chi connectivity index (χ2v) is 8.90. The summed E-state index contributed by atoms with van der Waals surface area (Å²) in [5, 5.41) is 4.89. The van der Waals surface area contributed by atoms with Crippen LogP contribution in [0.4, 0.5) is 0 Å². The summed E-state index contributed by atoms with van der Waals surface area (Å²) in [6, 6.07) is 28.1. The van der Waals surface area contributed by atoms with Crippen molar-refractivity contribution in [3.8, 4) is 11.1 Å². The topological polar surface area (TPSA) is 18.5 Å². The van der Waals surface area contributed by atoms with Gasteiger partial charge in [-0.1, -0.05) is 72.8 Å². The molecule has 0 N–H and O–H groups in total. The summed E-state index contributed by atoms with van der Waals surface area (Å²) in [4.78, 5) is 0. The molecule has 0 aromatic heterocycles. The Balaban J connectivity index is 1.67. The van der Waals surface area contributed by atoms with Crippen molar-refractivity contribution in [2.45, 2.75) is 38.9 Å². The lowest BCUT2D eigenvalue weighted by atomic mass is 9.75. The van der Waals surface area contributed by atoms with E-state index in [2.05, 4.69) is 107 Å². The predicted octanol–water partition coefficient (Wildman–Crippen LogP) is 5.96. The second kappa shape index (κ2) is 6.45. The largest absolute Gasteiger partial charge is 0.495 e. The molecule has 29 heavy (non-hydrogen) atoms. The highest BCUT2D eigenvalue weighted by Crippen LogP contribution is 2.37. The molecular weight excluding hydrogens is 355 g/mol. The van der Waals surface area contributed by atoms with E-state index in [-0.39, 0.29) is 18.3 Å². The van der Waals surface area contributed by atoms with Gasteiger partial charge in [0.15, 0.2) is 0 Å². The third kappa shape index (κ3) is 2.97. The minimum Gasteiger partial charge on any atom is -0.399 e. The lowest BCUT2D eigenvalue weighted by Crippen LogP contribution is -2.41. The van der Waals surface area contributed by atoms with Crippen LogP contribution in [0.2, 0.25) is 0 Å². The first-order chi connectivity index (χ1) is 13.9. The van der Waals surface area contributed by atoms with Gasteiger partial charge in [0.2, 0.25) is 0 Å². The maximum absolute atomic E-state index is 6.35. The molecule has 1 aliphatic heterocycles. The lowest BCUT2D eigenvalue weighted by Gasteiger charge is -2.32. The van der Waals surface area contributed by atoms with Crippen molar-refractivity contribution in [1.29, 1.82) is 0 Å². The Morgan fingerprint density at radius 3 is 2.00 bits per heavy atom. The minimum atomic E-state index is -0.369. The smallest absolute Gasteiger partial charge is 0.399 e. The molecular formula is C26H25BO2. The molecule has 0 atom stereocenters. The van der Waals surface area contributed by atoms with Crippen molar-refractivity contribution in [3.63, 3.8) is 0 Å². The number of benzene rings is 4. The lowest BCUT2D eigenvalue weighted by molar-refractivity contribution is 0.00578. The fourth-order valence-electron chi connectivity index (χ4n) is 4.12. The van der Waals surface area contributed by atoms with Crippen molar-refractivity contribution >= 4 is 34.1 Å². The molecule has 2 nitrogen and oxygen atoms in total. The summed E-state index contributed by atoms with van der Waals surface area (Å²) in [6.45, 7) is 8.39. The Labute approximate surface area is 172 Å². The van der Waals surface area contributed by atoms with E-state index in [1.165, 1.54) is 32.7 Å². The van der Waals surface area contributed by atoms with Crippen LogP contribution in [0.25, 0.3) is 32.7 Å². The molecule has 3 heteroatoms. The molecule has 4 aromatic carbocycles. The Morgan fingerprint density at radius 1 is 0.621 bits per heavy atom. The van der Waals surface area contributed by atoms with E-state index in [0.717, 1.165) is 5.46 Å². The van der Waals surface area contributed by atoms with E-state index in [1.54, 1.807) is 0 Å². The molecule has 4 aromatic rings. The quantitative estimate of drug-likeness (QED) is 0.400. The van der Waals surface area contributed by atoms with Crippen molar-refractivity contribution in [2.75, 3.05) is 0 Å². The van der Waals surface area contributed by atoms with Gasteiger partial charge in [-0.15, -0.1) is 0 Å². The van der Waals surface area contributed by atoms with Crippen LogP contribution in [0, 0.1) is 0 Å². The number of hydrogen-bond donors (Lipinski definition) is 0. The van der Waals surface area contributed by atoms with Crippen LogP contribution in [0.3, 0.4) is 0 Å². The first-order valence-corrected chi connectivity index (χ1v) is 10.2. The Kier molecular flexibility index (Phi) is 4.09. The summed E-state index contributed by atoms with van der Waals surface area (Å²) >= 11 is 0. The first-order valence-electron chi connectivity index (χ1n) is 10.2. The van der Waals surface area contributed by atoms with E-state index in [1.807, 2.05) is 0 Å². The molecule has 0 aliphatic carbocycles. The monoisotopic (exact) mass is 380 g/mol. The van der Waals surface area contributed by atoms with E-state index in [0.29, 0.717) is 0 Å². The molecule has 5 rings (SSSR count). The summed E-state index contributed by atoms with van der Waals surface area (Å²) in [7, 11) is -0.369. The van der Waals surface area contributed by atoms with E-state index >= 15 is 0 Å². The van der Waals surface area contributed by atoms with Crippen molar-refractivity contribution in [3.05, 3.63) is 78.9 Å². The van der Waals surface area contributed by atoms with Crippen molar-refractivity contribution < 1.29 is 9.31 Å². The Hall–Kier alpha value is -2.62. The third-order valence-electron chi connectivity index (χ3n) is 6.52. The molecule has 0 bridgehead atoms. The predicted molar refractivity (Wildman–Crippen MR) is 123 cm³/mol. The molecule has 0 amide bonds. The highest BCUT2D eigenvalue weighted by Gasteiger charge is 2.52. The van der Waals surface area contributed by atoms with Gasteiger partial charge in [0.05, 0.1) is 11.2 Å². The molecule has 0 spiro atoms. The van der Waals surface area contributed by atoms with Crippen molar-refractivity contribution in [2.24, 2.45) is 0 Å². The van der Waals surface area contributed by atoms with Gasteiger partial charge in [0.1, 0.15) is 0 Å². The van der Waals surface area contributed by atoms with Crippen LogP contribution >= 0.6 is 0 Å². The van der Waals surface area contributed by atoms with Crippen LogP contribution in [-0.4, -0.2) is 18.3 Å². The zero-order valence-electron chi connectivity index (χ0n) is 17.4. The SMILES string of the molecule is CC1(C)OB(c2cccc3ccc(-c4cccc5ccccc45)cc23)OC1(C)C. The highest BCUT2D eigenvalue weighted by molar-refractivity contribution is 6.65. The van der Waals surface area contributed by atoms with Gasteiger partial charge in [0.25, 0.3) is 0 Å². The average molecular weight is 380 g/mol. The van der Waals surface area contributed by atoms with Gasteiger partial charge >= 0.3 is 7.12 Å². The van der Waals surface area contributed by atoms with Crippen LogP contribution in [-0.2, 0) is 9.31 Å². The van der Waals surface area contributed by atoms with Crippen LogP contribution in [0.1, 0.15) is 27.7 Å². The van der Waals surface area contributed by atoms with Gasteiger partial charge in [-0.2, -0.15) is 0 Å². The zero-order valence-corrected chi connectivity index (χ0v) is 17.4. The molecule has 0 unspecified atom stereocenters. The van der Waals surface area contributed by atoms with Crippen LogP contribution in [0.5, 0.6) is 0 Å². The van der Waals surface area contributed by atoms with Crippen molar-refractivity contribution in [1.82, 2.24) is 0 Å². The molecule has 1 fully saturated rings. The molecule has 144 valence electrons. The molecule has 1 aliphatic rings.